The molecule has 3 fully saturated rings. The van der Waals surface area contributed by atoms with Crippen LogP contribution in [0, 0.1) is 23.2 Å². The molecule has 5 nitrogen and oxygen atoms in total. The topological polar surface area (TPSA) is 69.7 Å². The number of hydrogen-bond donors (Lipinski definition) is 0. The van der Waals surface area contributed by atoms with Crippen molar-refractivity contribution in [2.45, 2.75) is 52.2 Å². The van der Waals surface area contributed by atoms with Crippen molar-refractivity contribution in [3.8, 4) is 0 Å². The number of fused-ring (bicyclic) bond motifs is 3. The van der Waals surface area contributed by atoms with E-state index < -0.39 is 29.6 Å². The number of Topliss-reactive ketones (excluding diaryl/α,β-unsaturated/α-hetero) is 1. The molecular formula is C17H22O5. The summed E-state index contributed by atoms with van der Waals surface area (Å²) >= 11 is 0. The van der Waals surface area contributed by atoms with E-state index in [2.05, 4.69) is 13.5 Å². The summed E-state index contributed by atoms with van der Waals surface area (Å²) in [7, 11) is 0. The molecule has 0 N–H and O–H groups in total. The molecule has 0 aromatic rings. The lowest BCUT2D eigenvalue weighted by Crippen LogP contribution is -2.46. The second kappa shape index (κ2) is 4.93. The van der Waals surface area contributed by atoms with E-state index in [0.717, 1.165) is 12.8 Å². The molecule has 1 saturated heterocycles. The number of esters is 2. The van der Waals surface area contributed by atoms with Gasteiger partial charge in [-0.1, -0.05) is 13.5 Å². The van der Waals surface area contributed by atoms with Gasteiger partial charge in [0.25, 0.3) is 0 Å². The van der Waals surface area contributed by atoms with Crippen molar-refractivity contribution < 1.29 is 23.9 Å². The van der Waals surface area contributed by atoms with Gasteiger partial charge in [0, 0.05) is 18.4 Å². The first-order valence-electron chi connectivity index (χ1n) is 7.88. The Bertz CT molecular complexity index is 565. The largest absolute Gasteiger partial charge is 0.457 e. The number of carbonyl (C=O) groups is 3. The zero-order valence-corrected chi connectivity index (χ0v) is 13.3. The van der Waals surface area contributed by atoms with Crippen molar-refractivity contribution in [1.82, 2.24) is 0 Å². The van der Waals surface area contributed by atoms with E-state index in [1.807, 2.05) is 6.92 Å². The molecule has 1 aliphatic heterocycles. The highest BCUT2D eigenvalue weighted by Crippen LogP contribution is 2.56. The molecule has 2 aliphatic carbocycles. The van der Waals surface area contributed by atoms with Crippen molar-refractivity contribution >= 4 is 17.7 Å². The molecular weight excluding hydrogens is 284 g/mol. The van der Waals surface area contributed by atoms with E-state index in [9.17, 15) is 14.4 Å². The van der Waals surface area contributed by atoms with Crippen molar-refractivity contribution in [1.29, 1.82) is 0 Å². The SMILES string of the molecule is C=C1C(=O)OC2C1CCC(C)C1CC(OC(C)=O)C(=O)C12C. The molecule has 22 heavy (non-hydrogen) atoms. The van der Waals surface area contributed by atoms with Gasteiger partial charge in [-0.2, -0.15) is 0 Å². The molecule has 0 aromatic carbocycles. The Balaban J connectivity index is 2.01. The zero-order chi connectivity index (χ0) is 16.2. The van der Waals surface area contributed by atoms with Gasteiger partial charge in [-0.3, -0.25) is 9.59 Å². The maximum absolute atomic E-state index is 13.0. The minimum atomic E-state index is -0.796. The van der Waals surface area contributed by atoms with Gasteiger partial charge in [0.2, 0.25) is 0 Å². The zero-order valence-electron chi connectivity index (χ0n) is 13.3. The van der Waals surface area contributed by atoms with Crippen LogP contribution in [0.4, 0.5) is 0 Å². The molecule has 120 valence electrons. The average molecular weight is 306 g/mol. The Hall–Kier alpha value is -1.65. The fourth-order valence-corrected chi connectivity index (χ4v) is 4.71. The van der Waals surface area contributed by atoms with Crippen LogP contribution in [0.1, 0.15) is 40.0 Å². The molecule has 6 atom stereocenters. The van der Waals surface area contributed by atoms with Crippen LogP contribution in [0.2, 0.25) is 0 Å². The minimum absolute atomic E-state index is 0.0537. The lowest BCUT2D eigenvalue weighted by molar-refractivity contribution is -0.159. The summed E-state index contributed by atoms with van der Waals surface area (Å²) in [6, 6.07) is 0. The van der Waals surface area contributed by atoms with Crippen molar-refractivity contribution in [2.24, 2.45) is 23.2 Å². The van der Waals surface area contributed by atoms with E-state index in [1.165, 1.54) is 6.92 Å². The second-order valence-electron chi connectivity index (χ2n) is 7.10. The Morgan fingerprint density at radius 3 is 2.68 bits per heavy atom. The molecule has 6 unspecified atom stereocenters. The third-order valence-corrected chi connectivity index (χ3v) is 5.89. The summed E-state index contributed by atoms with van der Waals surface area (Å²) in [5.41, 5.74) is -0.321. The Morgan fingerprint density at radius 1 is 1.36 bits per heavy atom. The van der Waals surface area contributed by atoms with Crippen LogP contribution in [0.15, 0.2) is 12.2 Å². The predicted molar refractivity (Wildman–Crippen MR) is 77.7 cm³/mol. The Kier molecular flexibility index (Phi) is 3.42. The van der Waals surface area contributed by atoms with Crippen LogP contribution in [0.3, 0.4) is 0 Å². The van der Waals surface area contributed by atoms with E-state index in [1.54, 1.807) is 0 Å². The van der Waals surface area contributed by atoms with Crippen LogP contribution in [0.5, 0.6) is 0 Å². The quantitative estimate of drug-likeness (QED) is 0.548. The van der Waals surface area contributed by atoms with Gasteiger partial charge in [-0.15, -0.1) is 0 Å². The summed E-state index contributed by atoms with van der Waals surface area (Å²) < 4.78 is 10.8. The second-order valence-corrected chi connectivity index (χ2v) is 7.10. The van der Waals surface area contributed by atoms with Gasteiger partial charge < -0.3 is 9.47 Å². The number of ether oxygens (including phenoxy) is 2. The predicted octanol–water partition coefficient (Wildman–Crippen LogP) is 2.04. The molecule has 2 saturated carbocycles. The van der Waals surface area contributed by atoms with Crippen LogP contribution in [-0.2, 0) is 23.9 Å². The van der Waals surface area contributed by atoms with Gasteiger partial charge in [-0.05, 0) is 38.0 Å². The highest BCUT2D eigenvalue weighted by molar-refractivity contribution is 5.96. The lowest BCUT2D eigenvalue weighted by Gasteiger charge is -2.36. The van der Waals surface area contributed by atoms with Crippen molar-refractivity contribution in [3.63, 3.8) is 0 Å². The van der Waals surface area contributed by atoms with E-state index in [0.29, 0.717) is 17.9 Å². The normalized spacial score (nSPS) is 44.1. The summed E-state index contributed by atoms with van der Waals surface area (Å²) in [6.45, 7) is 9.16. The first kappa shape index (κ1) is 15.3. The monoisotopic (exact) mass is 306 g/mol. The van der Waals surface area contributed by atoms with E-state index in [4.69, 9.17) is 9.47 Å². The first-order valence-corrected chi connectivity index (χ1v) is 7.88. The highest BCUT2D eigenvalue weighted by atomic mass is 16.6. The van der Waals surface area contributed by atoms with Gasteiger partial charge in [0.15, 0.2) is 11.9 Å². The molecule has 0 bridgehead atoms. The first-order chi connectivity index (χ1) is 10.3. The molecule has 1 heterocycles. The van der Waals surface area contributed by atoms with Gasteiger partial charge in [0.1, 0.15) is 6.10 Å². The van der Waals surface area contributed by atoms with Crippen LogP contribution in [-0.4, -0.2) is 29.9 Å². The molecule has 3 aliphatic rings. The maximum Gasteiger partial charge on any atom is 0.334 e. The van der Waals surface area contributed by atoms with Gasteiger partial charge in [0.05, 0.1) is 5.41 Å². The molecule has 0 radical (unpaired) electrons. The standard InChI is InChI=1S/C17H22O5/c1-8-5-6-11-9(2)16(20)22-15(11)17(4)12(8)7-13(14(17)19)21-10(3)18/h8,11-13,15H,2,5-7H2,1,3-4H3. The Labute approximate surface area is 130 Å². The number of hydrogen-bond acceptors (Lipinski definition) is 5. The lowest BCUT2D eigenvalue weighted by atomic mass is 9.68. The van der Waals surface area contributed by atoms with E-state index in [-0.39, 0.29) is 17.6 Å². The molecule has 0 spiro atoms. The summed E-state index contributed by atoms with van der Waals surface area (Å²) in [5, 5.41) is 0. The maximum atomic E-state index is 13.0. The molecule has 3 rings (SSSR count). The summed E-state index contributed by atoms with van der Waals surface area (Å²) in [6.07, 6.45) is 1.05. The van der Waals surface area contributed by atoms with Gasteiger partial charge in [-0.25, -0.2) is 4.79 Å². The van der Waals surface area contributed by atoms with Gasteiger partial charge >= 0.3 is 11.9 Å². The number of rotatable bonds is 1. The highest BCUT2D eigenvalue weighted by Gasteiger charge is 2.64. The number of carbonyl (C=O) groups excluding carboxylic acids is 3. The third kappa shape index (κ3) is 1.94. The molecule has 5 heteroatoms. The number of ketones is 1. The molecule has 0 aromatic heterocycles. The third-order valence-electron chi connectivity index (χ3n) is 5.89. The van der Waals surface area contributed by atoms with Crippen molar-refractivity contribution in [2.75, 3.05) is 0 Å². The van der Waals surface area contributed by atoms with Crippen LogP contribution >= 0.6 is 0 Å². The fraction of sp³-hybridized carbons (Fsp3) is 0.706. The fourth-order valence-electron chi connectivity index (χ4n) is 4.71. The summed E-state index contributed by atoms with van der Waals surface area (Å²) in [5.74, 6) is -0.697. The van der Waals surface area contributed by atoms with Crippen LogP contribution < -0.4 is 0 Å². The minimum Gasteiger partial charge on any atom is -0.457 e. The van der Waals surface area contributed by atoms with Crippen LogP contribution in [0.25, 0.3) is 0 Å². The Morgan fingerprint density at radius 2 is 2.05 bits per heavy atom. The van der Waals surface area contributed by atoms with Crippen molar-refractivity contribution in [3.05, 3.63) is 12.2 Å². The average Bonchev–Trinajstić information content (AvgIpc) is 2.83. The summed E-state index contributed by atoms with van der Waals surface area (Å²) in [4.78, 5) is 36.1. The van der Waals surface area contributed by atoms with E-state index >= 15 is 0 Å². The molecule has 0 amide bonds. The smallest absolute Gasteiger partial charge is 0.334 e.